The molecule has 0 radical (unpaired) electrons. The Kier molecular flexibility index (Phi) is 3.67. The predicted molar refractivity (Wildman–Crippen MR) is 53.7 cm³/mol. The van der Waals surface area contributed by atoms with Gasteiger partial charge in [0.15, 0.2) is 0 Å². The number of hydrogen-bond donors (Lipinski definition) is 2. The number of aromatic amines is 1. The number of rotatable bonds is 4. The van der Waals surface area contributed by atoms with Gasteiger partial charge in [0.2, 0.25) is 12.4 Å². The van der Waals surface area contributed by atoms with E-state index in [-0.39, 0.29) is 11.4 Å². The molecular formula is C7H9N3O4S. The molecule has 2 N–H and O–H groups in total. The van der Waals surface area contributed by atoms with Gasteiger partial charge in [-0.1, -0.05) is 0 Å². The maximum absolute atomic E-state index is 11.2. The molecule has 1 aromatic rings. The quantitative estimate of drug-likeness (QED) is 0.436. The van der Waals surface area contributed by atoms with Crippen molar-refractivity contribution in [3.8, 4) is 5.88 Å². The largest absolute Gasteiger partial charge is 0.492 e. The monoisotopic (exact) mass is 231 g/mol. The summed E-state index contributed by atoms with van der Waals surface area (Å²) in [6, 6.07) is 0. The second-order valence-electron chi connectivity index (χ2n) is 2.83. The topological polar surface area (TPSA) is 109 Å². The molecule has 0 fully saturated rings. The van der Waals surface area contributed by atoms with Crippen LogP contribution in [-0.4, -0.2) is 31.8 Å². The van der Waals surface area contributed by atoms with Crippen molar-refractivity contribution in [2.75, 3.05) is 6.54 Å². The lowest BCUT2D eigenvalue weighted by atomic mass is 10.5. The van der Waals surface area contributed by atoms with Crippen LogP contribution in [0.3, 0.4) is 0 Å². The number of H-pyrrole nitrogens is 1. The van der Waals surface area contributed by atoms with Gasteiger partial charge in [0.1, 0.15) is 4.90 Å². The zero-order valence-electron chi connectivity index (χ0n) is 7.84. The van der Waals surface area contributed by atoms with Crippen molar-refractivity contribution in [1.82, 2.24) is 9.97 Å². The van der Waals surface area contributed by atoms with E-state index in [4.69, 9.17) is 0 Å². The number of aromatic nitrogens is 2. The summed E-state index contributed by atoms with van der Waals surface area (Å²) in [4.78, 5) is 26.7. The predicted octanol–water partition coefficient (Wildman–Crippen LogP) is 0.233. The fourth-order valence-electron chi connectivity index (χ4n) is 0.932. The molecule has 0 spiro atoms. The van der Waals surface area contributed by atoms with E-state index < -0.39 is 21.6 Å². The molecule has 0 aliphatic heterocycles. The highest BCUT2D eigenvalue weighted by atomic mass is 32.2. The molecule has 0 aliphatic carbocycles. The van der Waals surface area contributed by atoms with Crippen LogP contribution >= 0.6 is 11.8 Å². The average Bonchev–Trinajstić information content (AvgIpc) is 2.10. The van der Waals surface area contributed by atoms with Gasteiger partial charge in [-0.25, -0.2) is 4.98 Å². The zero-order valence-corrected chi connectivity index (χ0v) is 8.65. The molecule has 1 aromatic heterocycles. The maximum atomic E-state index is 11.2. The lowest BCUT2D eigenvalue weighted by Crippen LogP contribution is -2.16. The molecule has 7 nitrogen and oxygen atoms in total. The second-order valence-corrected chi connectivity index (χ2v) is 4.28. The molecule has 0 bridgehead atoms. The lowest BCUT2D eigenvalue weighted by Gasteiger charge is -2.05. The first-order valence-electron chi connectivity index (χ1n) is 4.06. The van der Waals surface area contributed by atoms with Gasteiger partial charge in [0.05, 0.1) is 11.6 Å². The Morgan fingerprint density at radius 2 is 2.47 bits per heavy atom. The van der Waals surface area contributed by atoms with Gasteiger partial charge < -0.3 is 10.1 Å². The molecular weight excluding hydrogens is 222 g/mol. The normalized spacial score (nSPS) is 12.3. The number of nitrogens with one attached hydrogen (secondary N) is 1. The van der Waals surface area contributed by atoms with Crippen molar-refractivity contribution < 1.29 is 10.0 Å². The molecule has 0 amide bonds. The zero-order chi connectivity index (χ0) is 11.4. The minimum Gasteiger partial charge on any atom is -0.492 e. The highest BCUT2D eigenvalue weighted by molar-refractivity contribution is 8.00. The van der Waals surface area contributed by atoms with Crippen LogP contribution in [0.4, 0.5) is 0 Å². The number of aromatic hydroxyl groups is 1. The molecule has 0 saturated carbocycles. The Hall–Kier alpha value is -1.57. The van der Waals surface area contributed by atoms with Gasteiger partial charge in [0.25, 0.3) is 5.56 Å². The number of hydrogen-bond acceptors (Lipinski definition) is 6. The second kappa shape index (κ2) is 4.78. The van der Waals surface area contributed by atoms with Gasteiger partial charge in [-0.2, -0.15) is 0 Å². The summed E-state index contributed by atoms with van der Waals surface area (Å²) in [6.45, 7) is 1.32. The molecule has 0 saturated heterocycles. The van der Waals surface area contributed by atoms with Crippen LogP contribution in [0.5, 0.6) is 5.88 Å². The van der Waals surface area contributed by atoms with Gasteiger partial charge in [-0.15, -0.1) is 11.8 Å². The van der Waals surface area contributed by atoms with Crippen molar-refractivity contribution in [2.24, 2.45) is 0 Å². The van der Waals surface area contributed by atoms with Gasteiger partial charge >= 0.3 is 0 Å². The summed E-state index contributed by atoms with van der Waals surface area (Å²) in [5.74, 6) is -0.404. The third-order valence-electron chi connectivity index (χ3n) is 1.52. The van der Waals surface area contributed by atoms with E-state index >= 15 is 0 Å². The smallest absolute Gasteiger partial charge is 0.268 e. The SMILES string of the molecule is CC(C[N+](=O)[O-])Sc1c(O)nc[nH]c1=O. The number of nitro groups is 1. The van der Waals surface area contributed by atoms with Crippen LogP contribution < -0.4 is 5.56 Å². The van der Waals surface area contributed by atoms with Crippen LogP contribution in [-0.2, 0) is 0 Å². The van der Waals surface area contributed by atoms with Crippen LogP contribution in [0.2, 0.25) is 0 Å². The van der Waals surface area contributed by atoms with E-state index in [1.165, 1.54) is 0 Å². The third-order valence-corrected chi connectivity index (χ3v) is 2.67. The third kappa shape index (κ3) is 3.24. The minimum absolute atomic E-state index is 0.00634. The summed E-state index contributed by atoms with van der Waals surface area (Å²) in [7, 11) is 0. The van der Waals surface area contributed by atoms with E-state index in [0.717, 1.165) is 18.1 Å². The van der Waals surface area contributed by atoms with E-state index in [2.05, 4.69) is 9.97 Å². The van der Waals surface area contributed by atoms with Crippen molar-refractivity contribution >= 4 is 11.8 Å². The Morgan fingerprint density at radius 1 is 1.80 bits per heavy atom. The van der Waals surface area contributed by atoms with Gasteiger partial charge in [-0.3, -0.25) is 14.9 Å². The summed E-state index contributed by atoms with van der Waals surface area (Å²) in [5, 5.41) is 19.0. The van der Waals surface area contributed by atoms with Crippen molar-refractivity contribution in [1.29, 1.82) is 0 Å². The number of nitrogens with zero attached hydrogens (tertiary/aromatic N) is 2. The molecule has 1 unspecified atom stereocenters. The summed E-state index contributed by atoms with van der Waals surface area (Å²) < 4.78 is 0. The Labute approximate surface area is 88.7 Å². The van der Waals surface area contributed by atoms with E-state index in [0.29, 0.717) is 0 Å². The summed E-state index contributed by atoms with van der Waals surface area (Å²) in [6.07, 6.45) is 1.07. The first-order chi connectivity index (χ1) is 7.00. The highest BCUT2D eigenvalue weighted by Gasteiger charge is 2.16. The van der Waals surface area contributed by atoms with E-state index in [1.807, 2.05) is 0 Å². The fraction of sp³-hybridized carbons (Fsp3) is 0.429. The molecule has 1 atom stereocenters. The lowest BCUT2D eigenvalue weighted by molar-refractivity contribution is -0.478. The van der Waals surface area contributed by atoms with Crippen LogP contribution in [0.15, 0.2) is 16.0 Å². The molecule has 82 valence electrons. The first-order valence-corrected chi connectivity index (χ1v) is 4.93. The molecule has 0 aromatic carbocycles. The Bertz CT molecular complexity index is 419. The molecule has 1 rings (SSSR count). The van der Waals surface area contributed by atoms with Crippen LogP contribution in [0.1, 0.15) is 6.92 Å². The van der Waals surface area contributed by atoms with Crippen molar-refractivity contribution in [2.45, 2.75) is 17.1 Å². The van der Waals surface area contributed by atoms with Crippen LogP contribution in [0.25, 0.3) is 0 Å². The maximum Gasteiger partial charge on any atom is 0.268 e. The molecule has 1 heterocycles. The van der Waals surface area contributed by atoms with E-state index in [1.54, 1.807) is 6.92 Å². The Morgan fingerprint density at radius 3 is 3.00 bits per heavy atom. The van der Waals surface area contributed by atoms with Crippen LogP contribution in [0, 0.1) is 10.1 Å². The molecule has 0 aliphatic rings. The highest BCUT2D eigenvalue weighted by Crippen LogP contribution is 2.25. The minimum atomic E-state index is -0.498. The fourth-order valence-corrected chi connectivity index (χ4v) is 1.86. The molecule has 15 heavy (non-hydrogen) atoms. The molecule has 8 heteroatoms. The number of thioether (sulfide) groups is 1. The van der Waals surface area contributed by atoms with E-state index in [9.17, 15) is 20.0 Å². The standard InChI is InChI=1S/C7H9N3O4S/c1-4(2-10(13)14)15-5-6(11)8-3-9-7(5)12/h3-4H,2H2,1H3,(H2,8,9,11,12). The summed E-state index contributed by atoms with van der Waals surface area (Å²) in [5.41, 5.74) is -0.498. The van der Waals surface area contributed by atoms with Gasteiger partial charge in [0, 0.05) is 4.92 Å². The Balaban J connectivity index is 2.80. The van der Waals surface area contributed by atoms with Gasteiger partial charge in [-0.05, 0) is 6.92 Å². The van der Waals surface area contributed by atoms with Crippen molar-refractivity contribution in [3.63, 3.8) is 0 Å². The first kappa shape index (κ1) is 11.5. The summed E-state index contributed by atoms with van der Waals surface area (Å²) >= 11 is 0.927. The average molecular weight is 231 g/mol. The van der Waals surface area contributed by atoms with Crippen molar-refractivity contribution in [3.05, 3.63) is 26.8 Å².